The predicted octanol–water partition coefficient (Wildman–Crippen LogP) is 1.98. The summed E-state index contributed by atoms with van der Waals surface area (Å²) in [6.07, 6.45) is 0. The number of thiophene rings is 1. The molecular formula is C13H15N3O4S. The molecule has 21 heavy (non-hydrogen) atoms. The van der Waals surface area contributed by atoms with Crippen molar-refractivity contribution in [3.05, 3.63) is 16.3 Å². The number of aryl methyl sites for hydroxylation is 2. The Balaban J connectivity index is 2.62. The molecule has 0 aliphatic rings. The fourth-order valence-electron chi connectivity index (χ4n) is 1.90. The van der Waals surface area contributed by atoms with Crippen LogP contribution < -0.4 is 5.32 Å². The van der Waals surface area contributed by atoms with Gasteiger partial charge in [-0.25, -0.2) is 14.8 Å². The highest BCUT2D eigenvalue weighted by Gasteiger charge is 2.22. The van der Waals surface area contributed by atoms with E-state index in [0.717, 1.165) is 0 Å². The van der Waals surface area contributed by atoms with E-state index in [0.29, 0.717) is 32.3 Å². The molecule has 1 atom stereocenters. The molecule has 0 aliphatic heterocycles. The Labute approximate surface area is 125 Å². The molecular weight excluding hydrogens is 294 g/mol. The fraction of sp³-hybridized carbons (Fsp3) is 0.385. The van der Waals surface area contributed by atoms with Gasteiger partial charge in [0.1, 0.15) is 27.4 Å². The zero-order chi connectivity index (χ0) is 15.7. The first-order valence-electron chi connectivity index (χ1n) is 6.20. The number of rotatable bonds is 4. The van der Waals surface area contributed by atoms with Gasteiger partial charge in [-0.3, -0.25) is 4.79 Å². The van der Waals surface area contributed by atoms with E-state index in [1.54, 1.807) is 13.8 Å². The van der Waals surface area contributed by atoms with Crippen LogP contribution in [0.3, 0.4) is 0 Å². The standard InChI is InChI=1S/C13H15N3O4S/c1-5-8-10(14-6(2)12(17)18)15-7(3)16-11(8)21-9(5)13(19)20-4/h6H,1-4H3,(H,17,18)(H,14,15,16)/t6-/m1/s1. The number of nitrogens with one attached hydrogen (secondary N) is 1. The Bertz CT molecular complexity index is 726. The lowest BCUT2D eigenvalue weighted by Gasteiger charge is -2.11. The van der Waals surface area contributed by atoms with E-state index in [1.165, 1.54) is 25.4 Å². The zero-order valence-electron chi connectivity index (χ0n) is 12.1. The molecule has 8 heteroatoms. The Morgan fingerprint density at radius 1 is 1.33 bits per heavy atom. The molecule has 0 amide bonds. The van der Waals surface area contributed by atoms with Crippen molar-refractivity contribution in [1.82, 2.24) is 9.97 Å². The average Bonchev–Trinajstić information content (AvgIpc) is 2.74. The highest BCUT2D eigenvalue weighted by Crippen LogP contribution is 2.34. The van der Waals surface area contributed by atoms with Crippen molar-refractivity contribution in [3.63, 3.8) is 0 Å². The van der Waals surface area contributed by atoms with Gasteiger partial charge in [-0.05, 0) is 26.3 Å². The van der Waals surface area contributed by atoms with Gasteiger partial charge in [-0.15, -0.1) is 11.3 Å². The van der Waals surface area contributed by atoms with Crippen LogP contribution in [0.2, 0.25) is 0 Å². The summed E-state index contributed by atoms with van der Waals surface area (Å²) < 4.78 is 4.74. The van der Waals surface area contributed by atoms with Gasteiger partial charge in [-0.1, -0.05) is 0 Å². The van der Waals surface area contributed by atoms with Gasteiger partial charge < -0.3 is 15.2 Å². The molecule has 2 heterocycles. The molecule has 7 nitrogen and oxygen atoms in total. The second-order valence-corrected chi connectivity index (χ2v) is 5.55. The summed E-state index contributed by atoms with van der Waals surface area (Å²) in [5, 5.41) is 12.5. The molecule has 0 saturated carbocycles. The number of esters is 1. The average molecular weight is 309 g/mol. The number of ether oxygens (including phenoxy) is 1. The smallest absolute Gasteiger partial charge is 0.348 e. The van der Waals surface area contributed by atoms with E-state index >= 15 is 0 Å². The first kappa shape index (κ1) is 15.2. The minimum absolute atomic E-state index is 0.413. The molecule has 0 unspecified atom stereocenters. The van der Waals surface area contributed by atoms with Crippen molar-refractivity contribution < 1.29 is 19.4 Å². The van der Waals surface area contributed by atoms with Crippen LogP contribution in [0.25, 0.3) is 10.2 Å². The predicted molar refractivity (Wildman–Crippen MR) is 78.9 cm³/mol. The third kappa shape index (κ3) is 2.80. The minimum Gasteiger partial charge on any atom is -0.480 e. The van der Waals surface area contributed by atoms with Crippen LogP contribution in [0.1, 0.15) is 28.0 Å². The normalized spacial score (nSPS) is 12.2. The molecule has 0 saturated heterocycles. The number of anilines is 1. The lowest BCUT2D eigenvalue weighted by molar-refractivity contribution is -0.137. The maximum Gasteiger partial charge on any atom is 0.348 e. The van der Waals surface area contributed by atoms with E-state index < -0.39 is 18.0 Å². The molecule has 2 aromatic rings. The second kappa shape index (κ2) is 5.65. The van der Waals surface area contributed by atoms with Gasteiger partial charge >= 0.3 is 11.9 Å². The summed E-state index contributed by atoms with van der Waals surface area (Å²) in [7, 11) is 1.31. The van der Waals surface area contributed by atoms with Crippen LogP contribution >= 0.6 is 11.3 Å². The quantitative estimate of drug-likeness (QED) is 0.833. The van der Waals surface area contributed by atoms with Crippen LogP contribution in [-0.2, 0) is 9.53 Å². The molecule has 0 aromatic carbocycles. The monoisotopic (exact) mass is 309 g/mol. The summed E-state index contributed by atoms with van der Waals surface area (Å²) in [5.41, 5.74) is 0.682. The number of hydrogen-bond acceptors (Lipinski definition) is 7. The Morgan fingerprint density at radius 3 is 2.57 bits per heavy atom. The molecule has 112 valence electrons. The zero-order valence-corrected chi connectivity index (χ0v) is 12.9. The van der Waals surface area contributed by atoms with Crippen molar-refractivity contribution in [1.29, 1.82) is 0 Å². The molecule has 2 rings (SSSR count). The first-order valence-corrected chi connectivity index (χ1v) is 7.02. The highest BCUT2D eigenvalue weighted by molar-refractivity contribution is 7.20. The van der Waals surface area contributed by atoms with Crippen molar-refractivity contribution in [2.45, 2.75) is 26.8 Å². The van der Waals surface area contributed by atoms with Gasteiger partial charge in [-0.2, -0.15) is 0 Å². The third-order valence-electron chi connectivity index (χ3n) is 3.00. The number of carbonyl (C=O) groups excluding carboxylic acids is 1. The van der Waals surface area contributed by atoms with Crippen molar-refractivity contribution >= 4 is 39.3 Å². The van der Waals surface area contributed by atoms with E-state index in [-0.39, 0.29) is 0 Å². The largest absolute Gasteiger partial charge is 0.480 e. The number of nitrogens with zero attached hydrogens (tertiary/aromatic N) is 2. The Morgan fingerprint density at radius 2 is 2.00 bits per heavy atom. The summed E-state index contributed by atoms with van der Waals surface area (Å²) in [4.78, 5) is 32.4. The number of carbonyl (C=O) groups is 2. The number of aromatic nitrogens is 2. The molecule has 2 N–H and O–H groups in total. The molecule has 0 aliphatic carbocycles. The van der Waals surface area contributed by atoms with E-state index in [9.17, 15) is 9.59 Å². The fourth-order valence-corrected chi connectivity index (χ4v) is 3.05. The number of hydrogen-bond donors (Lipinski definition) is 2. The van der Waals surface area contributed by atoms with Crippen molar-refractivity contribution in [2.24, 2.45) is 0 Å². The number of fused-ring (bicyclic) bond motifs is 1. The van der Waals surface area contributed by atoms with Gasteiger partial charge in [0, 0.05) is 0 Å². The third-order valence-corrected chi connectivity index (χ3v) is 4.16. The van der Waals surface area contributed by atoms with Crippen LogP contribution in [0.5, 0.6) is 0 Å². The van der Waals surface area contributed by atoms with Crippen LogP contribution in [0.4, 0.5) is 5.82 Å². The van der Waals surface area contributed by atoms with Crippen LogP contribution in [-0.4, -0.2) is 40.2 Å². The molecule has 0 radical (unpaired) electrons. The van der Waals surface area contributed by atoms with Gasteiger partial charge in [0.15, 0.2) is 0 Å². The lowest BCUT2D eigenvalue weighted by Crippen LogP contribution is -2.26. The Hall–Kier alpha value is -2.22. The topological polar surface area (TPSA) is 101 Å². The molecule has 0 bridgehead atoms. The van der Waals surface area contributed by atoms with Gasteiger partial charge in [0.2, 0.25) is 0 Å². The minimum atomic E-state index is -0.986. The number of carboxylic acid groups (broad SMARTS) is 1. The summed E-state index contributed by atoms with van der Waals surface area (Å²) >= 11 is 1.21. The maximum absolute atomic E-state index is 11.8. The first-order chi connectivity index (χ1) is 9.85. The number of carboxylic acids is 1. The number of methoxy groups -OCH3 is 1. The van der Waals surface area contributed by atoms with Crippen molar-refractivity contribution in [2.75, 3.05) is 12.4 Å². The van der Waals surface area contributed by atoms with Crippen molar-refractivity contribution in [3.8, 4) is 0 Å². The second-order valence-electron chi connectivity index (χ2n) is 4.55. The van der Waals surface area contributed by atoms with Gasteiger partial charge in [0.25, 0.3) is 0 Å². The maximum atomic E-state index is 11.8. The molecule has 2 aromatic heterocycles. The molecule has 0 spiro atoms. The SMILES string of the molecule is COC(=O)c1sc2nc(C)nc(N[C@H](C)C(=O)O)c2c1C. The van der Waals surface area contributed by atoms with Crippen LogP contribution in [0, 0.1) is 13.8 Å². The summed E-state index contributed by atoms with van der Waals surface area (Å²) in [5.74, 6) is -0.512. The van der Waals surface area contributed by atoms with E-state index in [1.807, 2.05) is 0 Å². The molecule has 0 fully saturated rings. The lowest BCUT2D eigenvalue weighted by atomic mass is 10.2. The summed E-state index contributed by atoms with van der Waals surface area (Å²) in [6, 6.07) is -0.802. The van der Waals surface area contributed by atoms with Crippen LogP contribution in [0.15, 0.2) is 0 Å². The summed E-state index contributed by atoms with van der Waals surface area (Å²) in [6.45, 7) is 5.00. The van der Waals surface area contributed by atoms with E-state index in [2.05, 4.69) is 15.3 Å². The van der Waals surface area contributed by atoms with Gasteiger partial charge in [0.05, 0.1) is 12.5 Å². The number of aliphatic carboxylic acids is 1. The highest BCUT2D eigenvalue weighted by atomic mass is 32.1. The Kier molecular flexibility index (Phi) is 4.08. The van der Waals surface area contributed by atoms with E-state index in [4.69, 9.17) is 9.84 Å².